The summed E-state index contributed by atoms with van der Waals surface area (Å²) in [5.41, 5.74) is 2.49. The Morgan fingerprint density at radius 2 is 2.06 bits per heavy atom. The average molecular weight is 246 g/mol. The maximum atomic E-state index is 7.99. The van der Waals surface area contributed by atoms with Crippen molar-refractivity contribution >= 4 is 27.7 Å². The van der Waals surface area contributed by atoms with Crippen molar-refractivity contribution in [2.24, 2.45) is 7.05 Å². The third-order valence-corrected chi connectivity index (χ3v) is 3.61. The first kappa shape index (κ1) is 12.2. The van der Waals surface area contributed by atoms with Crippen LogP contribution in [0, 0.1) is 5.41 Å². The summed E-state index contributed by atoms with van der Waals surface area (Å²) >= 11 is 1.64. The van der Waals surface area contributed by atoms with Gasteiger partial charge in [0, 0.05) is 35.8 Å². The maximum Gasteiger partial charge on any atom is 0.0688 e. The average Bonchev–Trinajstić information content (AvgIpc) is 2.55. The van der Waals surface area contributed by atoms with Gasteiger partial charge in [-0.1, -0.05) is 32.0 Å². The molecule has 0 aliphatic carbocycles. The van der Waals surface area contributed by atoms with Crippen LogP contribution in [0.3, 0.4) is 0 Å². The fraction of sp³-hybridized carbons (Fsp3) is 0.357. The lowest BCUT2D eigenvalue weighted by Crippen LogP contribution is -2.00. The Labute approximate surface area is 107 Å². The second-order valence-electron chi connectivity index (χ2n) is 4.55. The first-order valence-electron chi connectivity index (χ1n) is 5.85. The van der Waals surface area contributed by atoms with Crippen molar-refractivity contribution in [2.45, 2.75) is 25.5 Å². The van der Waals surface area contributed by atoms with Gasteiger partial charge in [-0.25, -0.2) is 0 Å². The van der Waals surface area contributed by atoms with Crippen molar-refractivity contribution < 1.29 is 0 Å². The second kappa shape index (κ2) is 4.96. The molecule has 17 heavy (non-hydrogen) atoms. The summed E-state index contributed by atoms with van der Waals surface area (Å²) in [7, 11) is 2.06. The minimum Gasteiger partial charge on any atom is -0.350 e. The molecular formula is C14H18N2S. The topological polar surface area (TPSA) is 28.8 Å². The standard InChI is InChI=1S/C14H18N2S/c1-10(2)17-14(15)8-11-9-16(3)13-7-5-4-6-12(11)13/h4-7,9-10,15H,8H2,1-3H3. The van der Waals surface area contributed by atoms with Gasteiger partial charge in [-0.15, -0.1) is 11.8 Å². The number of nitrogens with zero attached hydrogens (tertiary/aromatic N) is 1. The molecule has 0 unspecified atom stereocenters. The van der Waals surface area contributed by atoms with Gasteiger partial charge in [0.2, 0.25) is 0 Å². The quantitative estimate of drug-likeness (QED) is 0.647. The molecule has 1 aromatic heterocycles. The van der Waals surface area contributed by atoms with Crippen LogP contribution in [0.1, 0.15) is 19.4 Å². The number of rotatable bonds is 3. The first-order valence-corrected chi connectivity index (χ1v) is 6.73. The van der Waals surface area contributed by atoms with Gasteiger partial charge >= 0.3 is 0 Å². The van der Waals surface area contributed by atoms with Crippen molar-refractivity contribution in [3.63, 3.8) is 0 Å². The third-order valence-electron chi connectivity index (χ3n) is 2.71. The van der Waals surface area contributed by atoms with Gasteiger partial charge in [0.15, 0.2) is 0 Å². The highest BCUT2D eigenvalue weighted by molar-refractivity contribution is 8.14. The van der Waals surface area contributed by atoms with Crippen LogP contribution in [-0.2, 0) is 13.5 Å². The summed E-state index contributed by atoms with van der Waals surface area (Å²) in [4.78, 5) is 0. The second-order valence-corrected chi connectivity index (χ2v) is 6.22. The van der Waals surface area contributed by atoms with Crippen molar-refractivity contribution in [3.8, 4) is 0 Å². The Morgan fingerprint density at radius 3 is 2.76 bits per heavy atom. The highest BCUT2D eigenvalue weighted by atomic mass is 32.2. The Balaban J connectivity index is 2.27. The summed E-state index contributed by atoms with van der Waals surface area (Å²) in [6.07, 6.45) is 2.88. The Hall–Kier alpha value is -1.22. The summed E-state index contributed by atoms with van der Waals surface area (Å²) in [6, 6.07) is 8.38. The van der Waals surface area contributed by atoms with Crippen LogP contribution in [0.5, 0.6) is 0 Å². The fourth-order valence-corrected chi connectivity index (χ4v) is 2.87. The number of hydrogen-bond acceptors (Lipinski definition) is 2. The van der Waals surface area contributed by atoms with Crippen molar-refractivity contribution in [3.05, 3.63) is 36.0 Å². The highest BCUT2D eigenvalue weighted by Gasteiger charge is 2.09. The zero-order valence-electron chi connectivity index (χ0n) is 10.5. The molecule has 2 rings (SSSR count). The zero-order chi connectivity index (χ0) is 12.4. The minimum atomic E-state index is 0.484. The summed E-state index contributed by atoms with van der Waals surface area (Å²) < 4.78 is 2.14. The predicted molar refractivity (Wildman–Crippen MR) is 77.1 cm³/mol. The van der Waals surface area contributed by atoms with Gasteiger partial charge in [-0.05, 0) is 11.6 Å². The molecule has 2 aromatic rings. The lowest BCUT2D eigenvalue weighted by molar-refractivity contribution is 0.961. The number of para-hydroxylation sites is 1. The van der Waals surface area contributed by atoms with Gasteiger partial charge in [-0.3, -0.25) is 5.41 Å². The minimum absolute atomic E-state index is 0.484. The van der Waals surface area contributed by atoms with Gasteiger partial charge in [0.1, 0.15) is 0 Å². The molecule has 0 bridgehead atoms. The molecule has 0 aliphatic heterocycles. The SMILES string of the molecule is CC(C)SC(=N)Cc1cn(C)c2ccccc12. The van der Waals surface area contributed by atoms with Gasteiger partial charge < -0.3 is 4.57 Å². The van der Waals surface area contributed by atoms with E-state index in [9.17, 15) is 0 Å². The fourth-order valence-electron chi connectivity index (χ4n) is 2.07. The normalized spacial score (nSPS) is 11.3. The molecule has 0 atom stereocenters. The van der Waals surface area contributed by atoms with Gasteiger partial charge in [0.25, 0.3) is 0 Å². The molecular weight excluding hydrogens is 228 g/mol. The largest absolute Gasteiger partial charge is 0.350 e. The van der Waals surface area contributed by atoms with E-state index in [4.69, 9.17) is 5.41 Å². The maximum absolute atomic E-state index is 7.99. The third kappa shape index (κ3) is 2.72. The molecule has 0 radical (unpaired) electrons. The van der Waals surface area contributed by atoms with Crippen LogP contribution in [-0.4, -0.2) is 14.9 Å². The number of fused-ring (bicyclic) bond motifs is 1. The van der Waals surface area contributed by atoms with E-state index in [2.05, 4.69) is 55.9 Å². The monoisotopic (exact) mass is 246 g/mol. The van der Waals surface area contributed by atoms with Crippen LogP contribution in [0.4, 0.5) is 0 Å². The Kier molecular flexibility index (Phi) is 3.57. The predicted octanol–water partition coefficient (Wildman–Crippen LogP) is 3.84. The van der Waals surface area contributed by atoms with Crippen molar-refractivity contribution in [1.29, 1.82) is 5.41 Å². The number of benzene rings is 1. The summed E-state index contributed by atoms with van der Waals surface area (Å²) in [5, 5.41) is 10.5. The molecule has 1 aromatic carbocycles. The van der Waals surface area contributed by atoms with E-state index < -0.39 is 0 Å². The molecule has 0 spiro atoms. The lowest BCUT2D eigenvalue weighted by atomic mass is 10.1. The molecule has 1 N–H and O–H groups in total. The van der Waals surface area contributed by atoms with E-state index in [-0.39, 0.29) is 0 Å². The Morgan fingerprint density at radius 1 is 1.35 bits per heavy atom. The molecule has 0 aliphatic rings. The summed E-state index contributed by atoms with van der Waals surface area (Å²) in [6.45, 7) is 4.25. The lowest BCUT2D eigenvalue weighted by Gasteiger charge is -2.05. The molecule has 0 fully saturated rings. The van der Waals surface area contributed by atoms with Crippen molar-refractivity contribution in [1.82, 2.24) is 4.57 Å². The smallest absolute Gasteiger partial charge is 0.0688 e. The Bertz CT molecular complexity index is 540. The molecule has 0 amide bonds. The highest BCUT2D eigenvalue weighted by Crippen LogP contribution is 2.23. The van der Waals surface area contributed by atoms with Crippen LogP contribution < -0.4 is 0 Å². The van der Waals surface area contributed by atoms with E-state index in [1.165, 1.54) is 16.5 Å². The number of hydrogen-bond donors (Lipinski definition) is 1. The molecule has 1 heterocycles. The van der Waals surface area contributed by atoms with E-state index >= 15 is 0 Å². The molecule has 2 nitrogen and oxygen atoms in total. The zero-order valence-corrected chi connectivity index (χ0v) is 11.3. The number of aromatic nitrogens is 1. The number of thioether (sulfide) groups is 1. The summed E-state index contributed by atoms with van der Waals surface area (Å²) in [5.74, 6) is 0. The van der Waals surface area contributed by atoms with Crippen LogP contribution in [0.2, 0.25) is 0 Å². The van der Waals surface area contributed by atoms with E-state index in [0.717, 1.165) is 11.5 Å². The number of nitrogens with one attached hydrogen (secondary N) is 1. The number of aryl methyl sites for hydroxylation is 1. The first-order chi connectivity index (χ1) is 8.08. The molecule has 0 saturated heterocycles. The molecule has 3 heteroatoms. The van der Waals surface area contributed by atoms with Gasteiger partial charge in [0.05, 0.1) is 5.04 Å². The molecule has 90 valence electrons. The van der Waals surface area contributed by atoms with Crippen LogP contribution in [0.15, 0.2) is 30.5 Å². The van der Waals surface area contributed by atoms with Gasteiger partial charge in [-0.2, -0.15) is 0 Å². The van der Waals surface area contributed by atoms with Crippen LogP contribution in [0.25, 0.3) is 10.9 Å². The van der Waals surface area contributed by atoms with E-state index in [1.54, 1.807) is 11.8 Å². The van der Waals surface area contributed by atoms with E-state index in [1.807, 2.05) is 0 Å². The van der Waals surface area contributed by atoms with Crippen molar-refractivity contribution in [2.75, 3.05) is 0 Å². The van der Waals surface area contributed by atoms with E-state index in [0.29, 0.717) is 5.25 Å². The molecule has 0 saturated carbocycles. The van der Waals surface area contributed by atoms with Crippen LogP contribution >= 0.6 is 11.8 Å².